The van der Waals surface area contributed by atoms with Crippen LogP contribution in [0.4, 0.5) is 14.9 Å². The van der Waals surface area contributed by atoms with Crippen LogP contribution in [-0.2, 0) is 9.59 Å². The van der Waals surface area contributed by atoms with Crippen molar-refractivity contribution in [2.45, 2.75) is 6.04 Å². The highest BCUT2D eigenvalue weighted by molar-refractivity contribution is 6.34. The number of hydrogen-bond acceptors (Lipinski definition) is 4. The third kappa shape index (κ3) is 2.98. The molecule has 31 heavy (non-hydrogen) atoms. The maximum Gasteiger partial charge on any atom is 0.325 e. The molecule has 2 aromatic carbocycles. The fraction of sp³-hybridized carbons (Fsp3) is 0.238. The van der Waals surface area contributed by atoms with Crippen LogP contribution in [0.2, 0.25) is 0 Å². The minimum Gasteiger partial charge on any atom is -0.361 e. The lowest BCUT2D eigenvalue weighted by molar-refractivity contribution is -0.148. The summed E-state index contributed by atoms with van der Waals surface area (Å²) in [5.74, 6) is -2.11. The van der Waals surface area contributed by atoms with E-state index in [4.69, 9.17) is 5.73 Å². The van der Waals surface area contributed by atoms with Gasteiger partial charge in [-0.1, -0.05) is 18.2 Å². The second-order valence-electron chi connectivity index (χ2n) is 7.57. The number of nitrogens with two attached hydrogens (primary N) is 1. The molecule has 5 rings (SSSR count). The van der Waals surface area contributed by atoms with Crippen molar-refractivity contribution in [1.82, 2.24) is 19.6 Å². The van der Waals surface area contributed by atoms with Crippen LogP contribution in [0.15, 0.2) is 48.7 Å². The maximum atomic E-state index is 14.3. The number of hydrogen-bond donors (Lipinski definition) is 1. The van der Waals surface area contributed by atoms with Gasteiger partial charge in [0.15, 0.2) is 0 Å². The van der Waals surface area contributed by atoms with E-state index in [1.54, 1.807) is 34.2 Å². The third-order valence-electron chi connectivity index (χ3n) is 5.80. The monoisotopic (exact) mass is 422 g/mol. The smallest absolute Gasteiger partial charge is 0.325 e. The number of primary amides is 1. The van der Waals surface area contributed by atoms with Crippen molar-refractivity contribution >= 4 is 34.4 Å². The molecule has 3 heterocycles. The molecular weight excluding hydrogens is 403 g/mol. The van der Waals surface area contributed by atoms with Crippen LogP contribution in [0.1, 0.15) is 0 Å². The predicted octanol–water partition coefficient (Wildman–Crippen LogP) is 1.10. The van der Waals surface area contributed by atoms with Crippen LogP contribution >= 0.6 is 0 Å². The summed E-state index contributed by atoms with van der Waals surface area (Å²) in [6.07, 6.45) is 1.63. The zero-order valence-corrected chi connectivity index (χ0v) is 16.4. The van der Waals surface area contributed by atoms with Gasteiger partial charge in [0.2, 0.25) is 0 Å². The number of aromatic nitrogens is 2. The summed E-state index contributed by atoms with van der Waals surface area (Å²) >= 11 is 0. The highest BCUT2D eigenvalue weighted by atomic mass is 19.1. The summed E-state index contributed by atoms with van der Waals surface area (Å²) in [5, 5.41) is 5.08. The Balaban J connectivity index is 1.40. The van der Waals surface area contributed by atoms with Crippen molar-refractivity contribution in [1.29, 1.82) is 0 Å². The highest BCUT2D eigenvalue weighted by Gasteiger charge is 2.43. The number of nitrogens with zero attached hydrogens (tertiary/aromatic N) is 5. The zero-order chi connectivity index (χ0) is 21.7. The van der Waals surface area contributed by atoms with Gasteiger partial charge in [0, 0.05) is 31.6 Å². The summed E-state index contributed by atoms with van der Waals surface area (Å²) < 4.78 is 15.8. The highest BCUT2D eigenvalue weighted by Crippen LogP contribution is 2.32. The largest absolute Gasteiger partial charge is 0.361 e. The fourth-order valence-electron chi connectivity index (χ4n) is 4.18. The molecule has 2 N–H and O–H groups in total. The molecule has 1 aromatic heterocycles. The van der Waals surface area contributed by atoms with Crippen molar-refractivity contribution in [3.63, 3.8) is 0 Å². The van der Waals surface area contributed by atoms with E-state index in [0.29, 0.717) is 30.0 Å². The van der Waals surface area contributed by atoms with E-state index in [-0.39, 0.29) is 31.0 Å². The number of rotatable bonds is 3. The van der Waals surface area contributed by atoms with Gasteiger partial charge in [-0.3, -0.25) is 14.5 Å². The van der Waals surface area contributed by atoms with Gasteiger partial charge in [-0.25, -0.2) is 13.9 Å². The van der Waals surface area contributed by atoms with E-state index < -0.39 is 11.8 Å². The number of urea groups is 1. The average Bonchev–Trinajstić information content (AvgIpc) is 3.31. The lowest BCUT2D eigenvalue weighted by atomic mass is 10.1. The molecule has 158 valence electrons. The Hall–Kier alpha value is -3.95. The van der Waals surface area contributed by atoms with Gasteiger partial charge in [-0.2, -0.15) is 5.10 Å². The molecule has 2 fully saturated rings. The number of benzene rings is 2. The van der Waals surface area contributed by atoms with Crippen LogP contribution in [-0.4, -0.2) is 69.6 Å². The summed E-state index contributed by atoms with van der Waals surface area (Å²) in [4.78, 5) is 40.5. The first-order valence-corrected chi connectivity index (χ1v) is 9.84. The summed E-state index contributed by atoms with van der Waals surface area (Å²) in [5.41, 5.74) is 6.74. The second-order valence-corrected chi connectivity index (χ2v) is 7.57. The second kappa shape index (κ2) is 7.08. The quantitative estimate of drug-likeness (QED) is 0.638. The average molecular weight is 422 g/mol. The molecule has 9 nitrogen and oxygen atoms in total. The van der Waals surface area contributed by atoms with E-state index in [9.17, 15) is 18.8 Å². The van der Waals surface area contributed by atoms with Crippen molar-refractivity contribution in [3.8, 4) is 5.69 Å². The minimum absolute atomic E-state index is 0.152. The van der Waals surface area contributed by atoms with E-state index in [0.717, 1.165) is 5.39 Å². The summed E-state index contributed by atoms with van der Waals surface area (Å²) in [6, 6.07) is 11.5. The molecule has 3 aromatic rings. The molecule has 0 unspecified atom stereocenters. The number of likely N-dealkylation sites (tertiary alicyclic amines) is 1. The van der Waals surface area contributed by atoms with E-state index in [1.165, 1.54) is 15.6 Å². The Bertz CT molecular complexity index is 1220. The van der Waals surface area contributed by atoms with Gasteiger partial charge in [-0.05, 0) is 24.3 Å². The Labute approximate surface area is 176 Å². The van der Waals surface area contributed by atoms with Crippen molar-refractivity contribution in [3.05, 3.63) is 54.5 Å². The van der Waals surface area contributed by atoms with Crippen LogP contribution < -0.4 is 10.6 Å². The molecule has 10 heteroatoms. The number of para-hydroxylation sites is 1. The molecule has 2 aliphatic heterocycles. The van der Waals surface area contributed by atoms with Crippen LogP contribution in [0.25, 0.3) is 16.6 Å². The molecular formula is C21H19FN6O3. The number of carbonyl (C=O) groups is 3. The molecule has 0 atom stereocenters. The Morgan fingerprint density at radius 1 is 1.03 bits per heavy atom. The first-order valence-electron chi connectivity index (χ1n) is 9.84. The molecule has 2 aliphatic rings. The normalized spacial score (nSPS) is 16.8. The van der Waals surface area contributed by atoms with Gasteiger partial charge in [-0.15, -0.1) is 0 Å². The van der Waals surface area contributed by atoms with Gasteiger partial charge in [0.1, 0.15) is 11.5 Å². The first kappa shape index (κ1) is 19.0. The zero-order valence-electron chi connectivity index (χ0n) is 16.4. The van der Waals surface area contributed by atoms with Crippen LogP contribution in [0, 0.1) is 5.82 Å². The molecule has 2 saturated heterocycles. The van der Waals surface area contributed by atoms with Gasteiger partial charge in [0.05, 0.1) is 23.4 Å². The Morgan fingerprint density at radius 2 is 1.77 bits per heavy atom. The number of fused-ring (bicyclic) bond motifs is 1. The number of anilines is 1. The van der Waals surface area contributed by atoms with Gasteiger partial charge in [0.25, 0.3) is 0 Å². The standard InChI is InChI=1S/C21H19FN6O3/c22-15-4-1-2-5-18(15)28-17-7-3-6-16(14(17)10-24-28)27-9-8-26(21(27)31)13-11-25(12-13)20(30)19(23)29/h1-7,10,13H,8-9,11-12H2,(H2,23,29). The SMILES string of the molecule is NC(=O)C(=O)N1CC(N2CCN(c3cccc4c3cnn4-c3ccccc3F)C2=O)C1. The minimum atomic E-state index is -0.994. The van der Waals surface area contributed by atoms with Crippen LogP contribution in [0.5, 0.6) is 0 Å². The molecule has 0 bridgehead atoms. The van der Waals surface area contributed by atoms with E-state index >= 15 is 0 Å². The number of amides is 4. The Kier molecular flexibility index (Phi) is 4.35. The molecule has 0 spiro atoms. The molecule has 0 aliphatic carbocycles. The lowest BCUT2D eigenvalue weighted by Crippen LogP contribution is -2.63. The topological polar surface area (TPSA) is 105 Å². The van der Waals surface area contributed by atoms with E-state index in [1.807, 2.05) is 18.2 Å². The summed E-state index contributed by atoms with van der Waals surface area (Å²) in [6.45, 7) is 1.55. The third-order valence-corrected chi connectivity index (χ3v) is 5.80. The Morgan fingerprint density at radius 3 is 2.52 bits per heavy atom. The van der Waals surface area contributed by atoms with Crippen LogP contribution in [0.3, 0.4) is 0 Å². The number of carbonyl (C=O) groups excluding carboxylic acids is 3. The lowest BCUT2D eigenvalue weighted by Gasteiger charge is -2.42. The van der Waals surface area contributed by atoms with Crippen molar-refractivity contribution in [2.75, 3.05) is 31.1 Å². The predicted molar refractivity (Wildman–Crippen MR) is 110 cm³/mol. The van der Waals surface area contributed by atoms with Crippen molar-refractivity contribution < 1.29 is 18.8 Å². The molecule has 0 saturated carbocycles. The maximum absolute atomic E-state index is 14.3. The first-order chi connectivity index (χ1) is 15.0. The molecule has 0 radical (unpaired) electrons. The van der Waals surface area contributed by atoms with E-state index in [2.05, 4.69) is 5.10 Å². The summed E-state index contributed by atoms with van der Waals surface area (Å²) in [7, 11) is 0. The van der Waals surface area contributed by atoms with Gasteiger partial charge < -0.3 is 15.5 Å². The fourth-order valence-corrected chi connectivity index (χ4v) is 4.18. The number of halogens is 1. The van der Waals surface area contributed by atoms with Gasteiger partial charge >= 0.3 is 17.8 Å². The molecule has 4 amide bonds. The van der Waals surface area contributed by atoms with Crippen molar-refractivity contribution in [2.24, 2.45) is 5.73 Å².